The smallest absolute Gasteiger partial charge is 0.0626 e. The molecule has 0 aromatic carbocycles. The van der Waals surface area contributed by atoms with Crippen molar-refractivity contribution in [2.24, 2.45) is 11.3 Å². The largest absolute Gasteiger partial charge is 0.392 e. The zero-order valence-electron chi connectivity index (χ0n) is 11.5. The van der Waals surface area contributed by atoms with E-state index in [9.17, 15) is 5.11 Å². The van der Waals surface area contributed by atoms with Crippen LogP contribution in [0.15, 0.2) is 0 Å². The molecular weight excluding hydrogens is 218 g/mol. The maximum absolute atomic E-state index is 10.1. The molecule has 0 saturated carbocycles. The number of rotatable bonds is 9. The van der Waals surface area contributed by atoms with Gasteiger partial charge in [-0.3, -0.25) is 0 Å². The Morgan fingerprint density at radius 2 is 1.94 bits per heavy atom. The molecule has 0 bridgehead atoms. The monoisotopic (exact) mass is 247 g/mol. The van der Waals surface area contributed by atoms with E-state index in [1.807, 2.05) is 11.8 Å². The van der Waals surface area contributed by atoms with E-state index in [-0.39, 0.29) is 11.5 Å². The van der Waals surface area contributed by atoms with Crippen LogP contribution in [0.2, 0.25) is 0 Å². The van der Waals surface area contributed by atoms with Crippen LogP contribution in [0.4, 0.5) is 0 Å². The minimum atomic E-state index is -0.231. The van der Waals surface area contributed by atoms with Crippen molar-refractivity contribution >= 4 is 11.8 Å². The van der Waals surface area contributed by atoms with E-state index >= 15 is 0 Å². The molecule has 0 aliphatic heterocycles. The minimum absolute atomic E-state index is 0.0356. The summed E-state index contributed by atoms with van der Waals surface area (Å²) in [7, 11) is 0. The fourth-order valence-corrected chi connectivity index (χ4v) is 2.50. The maximum Gasteiger partial charge on any atom is 0.0626 e. The second kappa shape index (κ2) is 8.37. The molecular formula is C13H29NOS. The van der Waals surface area contributed by atoms with Crippen LogP contribution in [0, 0.1) is 11.3 Å². The number of aliphatic hydroxyl groups is 1. The van der Waals surface area contributed by atoms with E-state index in [4.69, 9.17) is 0 Å². The summed E-state index contributed by atoms with van der Waals surface area (Å²) in [5.41, 5.74) is -0.0356. The van der Waals surface area contributed by atoms with Crippen LogP contribution < -0.4 is 5.32 Å². The molecule has 0 rings (SSSR count). The lowest BCUT2D eigenvalue weighted by Gasteiger charge is -2.33. The second-order valence-corrected chi connectivity index (χ2v) is 6.80. The number of aliphatic hydroxyl groups excluding tert-OH is 1. The Morgan fingerprint density at radius 1 is 1.31 bits per heavy atom. The molecule has 0 aliphatic carbocycles. The van der Waals surface area contributed by atoms with Crippen LogP contribution >= 0.6 is 11.8 Å². The zero-order valence-corrected chi connectivity index (χ0v) is 12.4. The molecule has 3 heteroatoms. The van der Waals surface area contributed by atoms with Crippen molar-refractivity contribution in [3.63, 3.8) is 0 Å². The first kappa shape index (κ1) is 16.3. The van der Waals surface area contributed by atoms with Crippen LogP contribution in [0.3, 0.4) is 0 Å². The summed E-state index contributed by atoms with van der Waals surface area (Å²) in [5, 5.41) is 13.5. The molecule has 0 heterocycles. The first-order valence-corrected chi connectivity index (χ1v) is 7.53. The number of hydrogen-bond acceptors (Lipinski definition) is 3. The standard InChI is InChI=1S/C13H29NOS/c1-6-16-9-7-8-14-10-13(4,5)12(15)11(2)3/h11-12,14-15H,6-10H2,1-5H3. The van der Waals surface area contributed by atoms with Gasteiger partial charge in [0.1, 0.15) is 0 Å². The van der Waals surface area contributed by atoms with Crippen molar-refractivity contribution in [3.8, 4) is 0 Å². The molecule has 1 atom stereocenters. The average Bonchev–Trinajstić information content (AvgIpc) is 2.22. The molecule has 1 unspecified atom stereocenters. The van der Waals surface area contributed by atoms with E-state index in [1.165, 1.54) is 17.9 Å². The Morgan fingerprint density at radius 3 is 2.44 bits per heavy atom. The zero-order chi connectivity index (χ0) is 12.6. The van der Waals surface area contributed by atoms with Gasteiger partial charge in [-0.25, -0.2) is 0 Å². The lowest BCUT2D eigenvalue weighted by Crippen LogP contribution is -2.42. The highest BCUT2D eigenvalue weighted by atomic mass is 32.2. The Balaban J connectivity index is 3.66. The van der Waals surface area contributed by atoms with Crippen molar-refractivity contribution in [3.05, 3.63) is 0 Å². The minimum Gasteiger partial charge on any atom is -0.392 e. The molecule has 2 nitrogen and oxygen atoms in total. The van der Waals surface area contributed by atoms with Gasteiger partial charge in [0.15, 0.2) is 0 Å². The van der Waals surface area contributed by atoms with E-state index in [1.54, 1.807) is 0 Å². The molecule has 0 spiro atoms. The normalized spacial score (nSPS) is 14.4. The van der Waals surface area contributed by atoms with Crippen molar-refractivity contribution in [1.82, 2.24) is 5.32 Å². The molecule has 0 amide bonds. The van der Waals surface area contributed by atoms with E-state index in [0.29, 0.717) is 5.92 Å². The highest BCUT2D eigenvalue weighted by Gasteiger charge is 2.29. The summed E-state index contributed by atoms with van der Waals surface area (Å²) in [6.07, 6.45) is 0.983. The van der Waals surface area contributed by atoms with Gasteiger partial charge in [-0.1, -0.05) is 34.6 Å². The van der Waals surface area contributed by atoms with Gasteiger partial charge in [0.05, 0.1) is 6.10 Å². The SMILES string of the molecule is CCSCCCNCC(C)(C)C(O)C(C)C. The van der Waals surface area contributed by atoms with Crippen molar-refractivity contribution < 1.29 is 5.11 Å². The predicted molar refractivity (Wildman–Crippen MR) is 75.1 cm³/mol. The van der Waals surface area contributed by atoms with Crippen LogP contribution in [-0.4, -0.2) is 35.8 Å². The average molecular weight is 247 g/mol. The van der Waals surface area contributed by atoms with Gasteiger partial charge in [0.25, 0.3) is 0 Å². The Labute approximate surface area is 106 Å². The highest BCUT2D eigenvalue weighted by Crippen LogP contribution is 2.24. The van der Waals surface area contributed by atoms with Gasteiger partial charge in [-0.2, -0.15) is 11.8 Å². The first-order chi connectivity index (χ1) is 7.41. The Kier molecular flexibility index (Phi) is 8.52. The topological polar surface area (TPSA) is 32.3 Å². The summed E-state index contributed by atoms with van der Waals surface area (Å²) in [4.78, 5) is 0. The summed E-state index contributed by atoms with van der Waals surface area (Å²) in [5.74, 6) is 2.77. The van der Waals surface area contributed by atoms with Gasteiger partial charge in [-0.05, 0) is 30.4 Å². The second-order valence-electron chi connectivity index (χ2n) is 5.40. The lowest BCUT2D eigenvalue weighted by molar-refractivity contribution is 0.0137. The van der Waals surface area contributed by atoms with Gasteiger partial charge < -0.3 is 10.4 Å². The number of hydrogen-bond donors (Lipinski definition) is 2. The quantitative estimate of drug-likeness (QED) is 0.615. The molecule has 0 fully saturated rings. The van der Waals surface area contributed by atoms with Crippen LogP contribution in [0.25, 0.3) is 0 Å². The summed E-state index contributed by atoms with van der Waals surface area (Å²) in [6, 6.07) is 0. The van der Waals surface area contributed by atoms with E-state index in [2.05, 4.69) is 39.9 Å². The first-order valence-electron chi connectivity index (χ1n) is 6.38. The van der Waals surface area contributed by atoms with Crippen LogP contribution in [0.5, 0.6) is 0 Å². The molecule has 2 N–H and O–H groups in total. The Hall–Kier alpha value is 0.270. The summed E-state index contributed by atoms with van der Waals surface area (Å²) >= 11 is 1.99. The van der Waals surface area contributed by atoms with Gasteiger partial charge in [0, 0.05) is 12.0 Å². The van der Waals surface area contributed by atoms with Crippen molar-refractivity contribution in [2.75, 3.05) is 24.6 Å². The third kappa shape index (κ3) is 6.77. The van der Waals surface area contributed by atoms with E-state index < -0.39 is 0 Å². The van der Waals surface area contributed by atoms with Gasteiger partial charge >= 0.3 is 0 Å². The van der Waals surface area contributed by atoms with Crippen molar-refractivity contribution in [2.45, 2.75) is 47.1 Å². The van der Waals surface area contributed by atoms with Crippen LogP contribution in [-0.2, 0) is 0 Å². The fraction of sp³-hybridized carbons (Fsp3) is 1.00. The fourth-order valence-electron chi connectivity index (χ4n) is 1.86. The predicted octanol–water partition coefficient (Wildman–Crippen LogP) is 2.76. The van der Waals surface area contributed by atoms with Gasteiger partial charge in [-0.15, -0.1) is 0 Å². The lowest BCUT2D eigenvalue weighted by atomic mass is 9.81. The number of nitrogens with one attached hydrogen (secondary N) is 1. The maximum atomic E-state index is 10.1. The van der Waals surface area contributed by atoms with Gasteiger partial charge in [0.2, 0.25) is 0 Å². The molecule has 0 radical (unpaired) electrons. The molecule has 0 aliphatic rings. The summed E-state index contributed by atoms with van der Waals surface area (Å²) < 4.78 is 0. The highest BCUT2D eigenvalue weighted by molar-refractivity contribution is 7.99. The Bertz CT molecular complexity index is 171. The molecule has 98 valence electrons. The molecule has 0 aromatic rings. The van der Waals surface area contributed by atoms with E-state index in [0.717, 1.165) is 13.1 Å². The number of thioether (sulfide) groups is 1. The molecule has 0 aromatic heterocycles. The van der Waals surface area contributed by atoms with Crippen molar-refractivity contribution in [1.29, 1.82) is 0 Å². The third-order valence-corrected chi connectivity index (χ3v) is 3.84. The third-order valence-electron chi connectivity index (χ3n) is 2.86. The molecule has 0 saturated heterocycles. The summed E-state index contributed by atoms with van der Waals surface area (Å²) in [6.45, 7) is 12.6. The van der Waals surface area contributed by atoms with Crippen LogP contribution in [0.1, 0.15) is 41.0 Å². The molecule has 16 heavy (non-hydrogen) atoms.